The molecule has 0 aliphatic carbocycles. The van der Waals surface area contributed by atoms with Gasteiger partial charge in [-0.3, -0.25) is 0 Å². The maximum atomic E-state index is 11.3. The lowest BCUT2D eigenvalue weighted by molar-refractivity contribution is 0.0453. The number of ether oxygens (including phenoxy) is 2. The predicted molar refractivity (Wildman–Crippen MR) is 111 cm³/mol. The Morgan fingerprint density at radius 3 is 2.44 bits per heavy atom. The third kappa shape index (κ3) is 4.80. The van der Waals surface area contributed by atoms with Gasteiger partial charge in [-0.1, -0.05) is 54.6 Å². The first kappa shape index (κ1) is 19.2. The highest BCUT2D eigenvalue weighted by atomic mass is 79.9. The number of fused-ring (bicyclic) bond motifs is 1. The number of primary amides is 1. The molecule has 2 N–H and O–H groups in total. The summed E-state index contributed by atoms with van der Waals surface area (Å²) in [5, 5.41) is 2.15. The van der Waals surface area contributed by atoms with Gasteiger partial charge in [-0.25, -0.2) is 4.79 Å². The third-order valence-electron chi connectivity index (χ3n) is 4.26. The van der Waals surface area contributed by atoms with Crippen LogP contribution in [0, 0.1) is 0 Å². The molecule has 0 fully saturated rings. The molecule has 3 aromatic rings. The summed E-state index contributed by atoms with van der Waals surface area (Å²) in [4.78, 5) is 11.3. The van der Waals surface area contributed by atoms with Crippen LogP contribution in [0.2, 0.25) is 0 Å². The third-order valence-corrected chi connectivity index (χ3v) is 5.17. The van der Waals surface area contributed by atoms with Gasteiger partial charge >= 0.3 is 6.09 Å². The van der Waals surface area contributed by atoms with Crippen LogP contribution in [-0.4, -0.2) is 11.7 Å². The molecule has 0 saturated heterocycles. The minimum Gasteiger partial charge on any atom is -0.489 e. The fourth-order valence-corrected chi connectivity index (χ4v) is 3.78. The van der Waals surface area contributed by atoms with E-state index in [0.29, 0.717) is 13.0 Å². The number of hydrogen-bond donors (Lipinski definition) is 1. The molecule has 0 aliphatic heterocycles. The normalized spacial score (nSPS) is 11.4. The Morgan fingerprint density at radius 1 is 1.07 bits per heavy atom. The molecule has 0 bridgehead atoms. The van der Waals surface area contributed by atoms with E-state index in [1.165, 1.54) is 0 Å². The lowest BCUT2D eigenvalue weighted by Gasteiger charge is -2.26. The van der Waals surface area contributed by atoms with Crippen LogP contribution in [0.1, 0.15) is 25.0 Å². The SMILES string of the molecule is CC(C)(Cc1c(OCc2ccccc2)cc2ccccc2c1Br)OC(N)=O. The minimum absolute atomic E-state index is 0.454. The number of benzene rings is 3. The number of amides is 1. The molecule has 0 aromatic heterocycles. The number of hydrogen-bond acceptors (Lipinski definition) is 3. The van der Waals surface area contributed by atoms with Crippen molar-refractivity contribution in [2.45, 2.75) is 32.5 Å². The molecule has 0 unspecified atom stereocenters. The predicted octanol–water partition coefficient (Wildman–Crippen LogP) is 5.60. The van der Waals surface area contributed by atoms with Crippen LogP contribution in [0.3, 0.4) is 0 Å². The number of carbonyl (C=O) groups excluding carboxylic acids is 1. The van der Waals surface area contributed by atoms with Gasteiger partial charge in [0, 0.05) is 16.5 Å². The van der Waals surface area contributed by atoms with Crippen molar-refractivity contribution < 1.29 is 14.3 Å². The molecule has 0 aliphatic rings. The molecular formula is C22H22BrNO3. The van der Waals surface area contributed by atoms with Gasteiger partial charge in [-0.15, -0.1) is 0 Å². The van der Waals surface area contributed by atoms with Gasteiger partial charge in [0.1, 0.15) is 18.0 Å². The molecule has 0 spiro atoms. The highest BCUT2D eigenvalue weighted by Crippen LogP contribution is 2.38. The Labute approximate surface area is 167 Å². The van der Waals surface area contributed by atoms with Crippen LogP contribution < -0.4 is 10.5 Å². The second-order valence-electron chi connectivity index (χ2n) is 7.02. The maximum absolute atomic E-state index is 11.3. The smallest absolute Gasteiger partial charge is 0.405 e. The number of nitrogens with two attached hydrogens (primary N) is 1. The van der Waals surface area contributed by atoms with Crippen molar-refractivity contribution >= 4 is 32.8 Å². The minimum atomic E-state index is -0.788. The summed E-state index contributed by atoms with van der Waals surface area (Å²) >= 11 is 3.73. The molecule has 4 nitrogen and oxygen atoms in total. The molecule has 0 atom stereocenters. The summed E-state index contributed by atoms with van der Waals surface area (Å²) in [6, 6.07) is 20.1. The van der Waals surface area contributed by atoms with Crippen molar-refractivity contribution in [1.29, 1.82) is 0 Å². The summed E-state index contributed by atoms with van der Waals surface area (Å²) in [5.74, 6) is 0.755. The summed E-state index contributed by atoms with van der Waals surface area (Å²) in [6.07, 6.45) is -0.325. The number of carbonyl (C=O) groups is 1. The van der Waals surface area contributed by atoms with Gasteiger partial charge in [0.25, 0.3) is 0 Å². The summed E-state index contributed by atoms with van der Waals surface area (Å²) in [7, 11) is 0. The van der Waals surface area contributed by atoms with Gasteiger partial charge in [0.2, 0.25) is 0 Å². The number of halogens is 1. The molecular weight excluding hydrogens is 406 g/mol. The van der Waals surface area contributed by atoms with E-state index in [9.17, 15) is 4.79 Å². The Hall–Kier alpha value is -2.53. The maximum Gasteiger partial charge on any atom is 0.405 e. The number of rotatable bonds is 6. The van der Waals surface area contributed by atoms with Crippen molar-refractivity contribution in [1.82, 2.24) is 0 Å². The van der Waals surface area contributed by atoms with Gasteiger partial charge in [-0.05, 0) is 52.2 Å². The molecule has 140 valence electrons. The average Bonchev–Trinajstić information content (AvgIpc) is 2.62. The van der Waals surface area contributed by atoms with Crippen molar-refractivity contribution in [3.63, 3.8) is 0 Å². The van der Waals surface area contributed by atoms with E-state index in [1.807, 2.05) is 74.5 Å². The standard InChI is InChI=1S/C22H22BrNO3/c1-22(2,27-21(24)25)13-18-19(26-14-15-8-4-3-5-9-15)12-16-10-6-7-11-17(16)20(18)23/h3-12H,13-14H2,1-2H3,(H2,24,25). The van der Waals surface area contributed by atoms with E-state index < -0.39 is 11.7 Å². The van der Waals surface area contributed by atoms with E-state index in [4.69, 9.17) is 15.2 Å². The van der Waals surface area contributed by atoms with Crippen LogP contribution in [0.5, 0.6) is 5.75 Å². The average molecular weight is 428 g/mol. The van der Waals surface area contributed by atoms with Crippen LogP contribution >= 0.6 is 15.9 Å². The van der Waals surface area contributed by atoms with Crippen molar-refractivity contribution in [2.24, 2.45) is 5.73 Å². The fraction of sp³-hybridized carbons (Fsp3) is 0.227. The van der Waals surface area contributed by atoms with Crippen LogP contribution in [0.4, 0.5) is 4.79 Å². The molecule has 1 amide bonds. The Bertz CT molecular complexity index is 954. The summed E-state index contributed by atoms with van der Waals surface area (Å²) in [6.45, 7) is 4.12. The summed E-state index contributed by atoms with van der Waals surface area (Å²) in [5.41, 5.74) is 6.49. The molecule has 27 heavy (non-hydrogen) atoms. The zero-order chi connectivity index (χ0) is 19.4. The van der Waals surface area contributed by atoms with Crippen molar-refractivity contribution in [3.05, 3.63) is 76.3 Å². The molecule has 3 rings (SSSR count). The zero-order valence-corrected chi connectivity index (χ0v) is 17.0. The Kier molecular flexibility index (Phi) is 5.71. The molecule has 0 saturated carbocycles. The topological polar surface area (TPSA) is 61.6 Å². The second-order valence-corrected chi connectivity index (χ2v) is 7.81. The van der Waals surface area contributed by atoms with Crippen LogP contribution in [-0.2, 0) is 17.8 Å². The summed E-state index contributed by atoms with van der Waals surface area (Å²) < 4.78 is 12.4. The first-order valence-electron chi connectivity index (χ1n) is 8.71. The van der Waals surface area contributed by atoms with E-state index in [2.05, 4.69) is 15.9 Å². The highest BCUT2D eigenvalue weighted by molar-refractivity contribution is 9.10. The van der Waals surface area contributed by atoms with E-state index >= 15 is 0 Å². The first-order valence-corrected chi connectivity index (χ1v) is 9.50. The molecule has 3 aromatic carbocycles. The van der Waals surface area contributed by atoms with E-state index in [0.717, 1.165) is 32.1 Å². The van der Waals surface area contributed by atoms with Gasteiger partial charge < -0.3 is 15.2 Å². The second kappa shape index (κ2) is 8.01. The Balaban J connectivity index is 2.00. The lowest BCUT2D eigenvalue weighted by atomic mass is 9.95. The first-order chi connectivity index (χ1) is 12.9. The Morgan fingerprint density at radius 2 is 1.74 bits per heavy atom. The quantitative estimate of drug-likeness (QED) is 0.556. The fourth-order valence-electron chi connectivity index (χ4n) is 3.08. The lowest BCUT2D eigenvalue weighted by Crippen LogP contribution is -2.33. The van der Waals surface area contributed by atoms with Crippen LogP contribution in [0.15, 0.2) is 65.1 Å². The van der Waals surface area contributed by atoms with Gasteiger partial charge in [0.15, 0.2) is 0 Å². The molecule has 5 heteroatoms. The molecule has 0 heterocycles. The monoisotopic (exact) mass is 427 g/mol. The zero-order valence-electron chi connectivity index (χ0n) is 15.4. The molecule has 0 radical (unpaired) electrons. The van der Waals surface area contributed by atoms with E-state index in [-0.39, 0.29) is 0 Å². The van der Waals surface area contributed by atoms with Crippen LogP contribution in [0.25, 0.3) is 10.8 Å². The van der Waals surface area contributed by atoms with Gasteiger partial charge in [0.05, 0.1) is 0 Å². The largest absolute Gasteiger partial charge is 0.489 e. The van der Waals surface area contributed by atoms with Crippen molar-refractivity contribution in [2.75, 3.05) is 0 Å². The van der Waals surface area contributed by atoms with E-state index in [1.54, 1.807) is 0 Å². The van der Waals surface area contributed by atoms with Crippen molar-refractivity contribution in [3.8, 4) is 5.75 Å². The van der Waals surface area contributed by atoms with Gasteiger partial charge in [-0.2, -0.15) is 0 Å². The highest BCUT2D eigenvalue weighted by Gasteiger charge is 2.26.